The largest absolute Gasteiger partial charge is 0.505 e. The molecule has 1 N–H and O–H groups in total. The van der Waals surface area contributed by atoms with Gasteiger partial charge in [0.25, 0.3) is 0 Å². The molecular weight excluding hydrogens is 507 g/mol. The van der Waals surface area contributed by atoms with E-state index in [-0.39, 0.29) is 18.3 Å². The van der Waals surface area contributed by atoms with Gasteiger partial charge in [-0.1, -0.05) is 17.7 Å². The van der Waals surface area contributed by atoms with Crippen molar-refractivity contribution in [2.75, 3.05) is 19.7 Å². The van der Waals surface area contributed by atoms with Gasteiger partial charge in [0.1, 0.15) is 5.82 Å². The summed E-state index contributed by atoms with van der Waals surface area (Å²) < 4.78 is 43.2. The van der Waals surface area contributed by atoms with E-state index in [1.54, 1.807) is 18.3 Å². The van der Waals surface area contributed by atoms with E-state index < -0.39 is 12.7 Å². The molecule has 35 heavy (non-hydrogen) atoms. The molecule has 0 bridgehead atoms. The lowest BCUT2D eigenvalue weighted by molar-refractivity contribution is 0.0565. The molecule has 0 aliphatic carbocycles. The third-order valence-corrected chi connectivity index (χ3v) is 6.25. The maximum absolute atomic E-state index is 12.9. The molecule has 2 aliphatic rings. The van der Waals surface area contributed by atoms with E-state index >= 15 is 0 Å². The van der Waals surface area contributed by atoms with E-state index in [2.05, 4.69) is 15.1 Å². The lowest BCUT2D eigenvalue weighted by Gasteiger charge is -2.27. The van der Waals surface area contributed by atoms with Gasteiger partial charge >= 0.3 is 12.7 Å². The topological polar surface area (TPSA) is 92.8 Å². The van der Waals surface area contributed by atoms with Crippen LogP contribution in [0, 0.1) is 11.7 Å². The smallest absolute Gasteiger partial charge is 0.450 e. The first-order valence-corrected chi connectivity index (χ1v) is 11.6. The van der Waals surface area contributed by atoms with Crippen molar-refractivity contribution in [2.45, 2.75) is 13.0 Å². The van der Waals surface area contributed by atoms with E-state index in [0.29, 0.717) is 40.6 Å². The summed E-state index contributed by atoms with van der Waals surface area (Å²) in [5.74, 6) is 0.361. The number of nitrogens with zero attached hydrogens (tertiary/aromatic N) is 5. The summed E-state index contributed by atoms with van der Waals surface area (Å²) in [5.41, 5.74) is 2.31. The first kappa shape index (κ1) is 24.7. The Balaban J connectivity index is 0.000000308. The molecule has 8 nitrogen and oxygen atoms in total. The number of carbonyl (C=O) groups is 1. The van der Waals surface area contributed by atoms with Crippen LogP contribution in [0.4, 0.5) is 18.0 Å². The van der Waals surface area contributed by atoms with Crippen LogP contribution in [0.1, 0.15) is 23.5 Å². The molecule has 13 heteroatoms. The average molecular weight is 526 g/mol. The molecule has 3 aromatic rings. The summed E-state index contributed by atoms with van der Waals surface area (Å²) in [6.45, 7) is -1.81. The van der Waals surface area contributed by atoms with Gasteiger partial charge in [0.15, 0.2) is 10.8 Å². The third kappa shape index (κ3) is 6.01. The highest BCUT2D eigenvalue weighted by Crippen LogP contribution is 2.38. The molecule has 5 rings (SSSR count). The van der Waals surface area contributed by atoms with Crippen molar-refractivity contribution >= 4 is 40.5 Å². The number of allylic oxidation sites excluding steroid dienone is 1. The number of ether oxygens (including phenoxy) is 1. The van der Waals surface area contributed by atoms with Gasteiger partial charge < -0.3 is 14.7 Å². The van der Waals surface area contributed by atoms with Crippen molar-refractivity contribution in [1.29, 1.82) is 0 Å². The molecule has 1 unspecified atom stereocenters. The fourth-order valence-corrected chi connectivity index (χ4v) is 4.61. The van der Waals surface area contributed by atoms with E-state index in [4.69, 9.17) is 21.4 Å². The maximum Gasteiger partial charge on any atom is 0.505 e. The number of amidine groups is 1. The number of alkyl halides is 2. The normalized spacial score (nSPS) is 17.1. The molecule has 1 atom stereocenters. The van der Waals surface area contributed by atoms with Crippen LogP contribution in [0.5, 0.6) is 0 Å². The van der Waals surface area contributed by atoms with E-state index in [1.165, 1.54) is 35.9 Å². The lowest BCUT2D eigenvalue weighted by Crippen LogP contribution is -2.32. The van der Waals surface area contributed by atoms with Gasteiger partial charge in [-0.3, -0.25) is 4.99 Å². The Bertz CT molecular complexity index is 1230. The molecule has 0 saturated carbocycles. The SMILES string of the molecule is Fc1cccc(Cl)c1.O=C(O)OCC1CC2=C(c3cnn(C(F)F)c3)CN=C(c3nccs3)N2C1. The van der Waals surface area contributed by atoms with Crippen LogP contribution in [-0.4, -0.2) is 56.5 Å². The Morgan fingerprint density at radius 3 is 2.80 bits per heavy atom. The van der Waals surface area contributed by atoms with Gasteiger partial charge in [0.2, 0.25) is 0 Å². The highest BCUT2D eigenvalue weighted by molar-refractivity contribution is 7.11. The number of thiazole rings is 1. The second-order valence-corrected chi connectivity index (χ2v) is 8.92. The van der Waals surface area contributed by atoms with Crippen LogP contribution in [0.3, 0.4) is 0 Å². The summed E-state index contributed by atoms with van der Waals surface area (Å²) in [7, 11) is 0. The molecule has 2 aliphatic heterocycles. The van der Waals surface area contributed by atoms with Gasteiger partial charge in [0.05, 0.1) is 19.3 Å². The molecule has 0 amide bonds. The standard InChI is InChI=1S/C16H15F2N5O3S.C6H4ClF/c17-15(18)23-7-10(4-21-23)11-5-20-13(14-19-1-2-27-14)22-6-9(3-12(11)22)8-26-16(24)25;7-5-2-1-3-6(8)4-5/h1-2,4,7,9,15H,3,5-6,8H2,(H,24,25);1-4H. The Kier molecular flexibility index (Phi) is 7.71. The van der Waals surface area contributed by atoms with Gasteiger partial charge in [-0.15, -0.1) is 11.3 Å². The number of hydrogen-bond donors (Lipinski definition) is 1. The molecule has 184 valence electrons. The molecule has 0 radical (unpaired) electrons. The van der Waals surface area contributed by atoms with E-state index in [1.807, 2.05) is 10.3 Å². The van der Waals surface area contributed by atoms with Crippen LogP contribution in [0.2, 0.25) is 5.02 Å². The molecule has 1 aromatic carbocycles. The van der Waals surface area contributed by atoms with Gasteiger partial charge in [-0.2, -0.15) is 13.9 Å². The molecule has 2 aromatic heterocycles. The fraction of sp³-hybridized carbons (Fsp3) is 0.273. The number of aromatic nitrogens is 3. The number of aliphatic imine (C=N–C) groups is 1. The minimum atomic E-state index is -2.71. The van der Waals surface area contributed by atoms with Crippen LogP contribution in [-0.2, 0) is 4.74 Å². The molecule has 1 saturated heterocycles. The predicted molar refractivity (Wildman–Crippen MR) is 124 cm³/mol. The second kappa shape index (κ2) is 10.9. The molecular formula is C22H19ClF3N5O3S. The number of benzene rings is 1. The second-order valence-electron chi connectivity index (χ2n) is 7.59. The zero-order valence-corrected chi connectivity index (χ0v) is 19.6. The number of carboxylic acid groups (broad SMARTS) is 1. The predicted octanol–water partition coefficient (Wildman–Crippen LogP) is 5.40. The van der Waals surface area contributed by atoms with Crippen molar-refractivity contribution in [2.24, 2.45) is 10.9 Å². The van der Waals surface area contributed by atoms with Crippen molar-refractivity contribution in [3.8, 4) is 0 Å². The third-order valence-electron chi connectivity index (χ3n) is 5.24. The van der Waals surface area contributed by atoms with Gasteiger partial charge in [0, 0.05) is 52.1 Å². The monoisotopic (exact) mass is 525 g/mol. The first-order chi connectivity index (χ1) is 16.8. The zero-order valence-electron chi connectivity index (χ0n) is 18.0. The highest BCUT2D eigenvalue weighted by atomic mass is 35.5. The quantitative estimate of drug-likeness (QED) is 0.448. The van der Waals surface area contributed by atoms with Crippen LogP contribution in [0.25, 0.3) is 5.57 Å². The maximum atomic E-state index is 12.9. The van der Waals surface area contributed by atoms with Gasteiger partial charge in [-0.05, 0) is 24.6 Å². The Morgan fingerprint density at radius 1 is 1.37 bits per heavy atom. The number of rotatable bonds is 5. The Morgan fingerprint density at radius 2 is 2.20 bits per heavy atom. The number of hydrogen-bond acceptors (Lipinski definition) is 7. The summed E-state index contributed by atoms with van der Waals surface area (Å²) in [6, 6.07) is 5.82. The lowest BCUT2D eigenvalue weighted by atomic mass is 10.0. The minimum absolute atomic E-state index is 0.0560. The zero-order chi connectivity index (χ0) is 24.9. The minimum Gasteiger partial charge on any atom is -0.450 e. The summed E-state index contributed by atoms with van der Waals surface area (Å²) >= 11 is 6.86. The average Bonchev–Trinajstić information content (AvgIpc) is 3.58. The van der Waals surface area contributed by atoms with Crippen LogP contribution in [0.15, 0.2) is 58.9 Å². The van der Waals surface area contributed by atoms with Gasteiger partial charge in [-0.25, -0.2) is 18.9 Å². The van der Waals surface area contributed by atoms with E-state index in [0.717, 1.165) is 16.3 Å². The van der Waals surface area contributed by atoms with Crippen molar-refractivity contribution in [1.82, 2.24) is 19.7 Å². The Hall–Kier alpha value is -3.38. The van der Waals surface area contributed by atoms with Crippen LogP contribution < -0.4 is 0 Å². The Labute approximate surface area is 206 Å². The van der Waals surface area contributed by atoms with Crippen molar-refractivity contribution < 1.29 is 27.8 Å². The fourth-order valence-electron chi connectivity index (χ4n) is 3.78. The molecule has 4 heterocycles. The van der Waals surface area contributed by atoms with Crippen LogP contribution >= 0.6 is 22.9 Å². The van der Waals surface area contributed by atoms with Crippen molar-refractivity contribution in [3.63, 3.8) is 0 Å². The van der Waals surface area contributed by atoms with E-state index in [9.17, 15) is 18.0 Å². The number of fused-ring (bicyclic) bond motifs is 1. The molecule has 1 fully saturated rings. The summed E-state index contributed by atoms with van der Waals surface area (Å²) in [5, 5.41) is 15.5. The summed E-state index contributed by atoms with van der Waals surface area (Å²) in [4.78, 5) is 21.6. The molecule has 0 spiro atoms. The highest BCUT2D eigenvalue weighted by Gasteiger charge is 2.36. The summed E-state index contributed by atoms with van der Waals surface area (Å²) in [6.07, 6.45) is 3.64. The van der Waals surface area contributed by atoms with Crippen molar-refractivity contribution in [3.05, 3.63) is 75.3 Å². The first-order valence-electron chi connectivity index (χ1n) is 10.3. The number of halogens is 4.